The lowest BCUT2D eigenvalue weighted by molar-refractivity contribution is 0.0943. The average molecular weight is 457 g/mol. The van der Waals surface area contributed by atoms with Crippen molar-refractivity contribution in [2.45, 2.75) is 25.3 Å². The zero-order valence-electron chi connectivity index (χ0n) is 17.1. The Balaban J connectivity index is 0.00000160. The number of nitrogens with zero attached hydrogens (tertiary/aromatic N) is 4. The van der Waals surface area contributed by atoms with E-state index < -0.39 is 0 Å². The van der Waals surface area contributed by atoms with Crippen LogP contribution in [0.15, 0.2) is 30.5 Å². The lowest BCUT2D eigenvalue weighted by Gasteiger charge is -2.22. The van der Waals surface area contributed by atoms with Crippen molar-refractivity contribution in [3.63, 3.8) is 0 Å². The van der Waals surface area contributed by atoms with Gasteiger partial charge in [-0.3, -0.25) is 4.79 Å². The number of ether oxygens (including phenoxy) is 1. The summed E-state index contributed by atoms with van der Waals surface area (Å²) in [6.07, 6.45) is 4.88. The lowest BCUT2D eigenvalue weighted by atomic mass is 10.1. The first-order chi connectivity index (χ1) is 13.7. The summed E-state index contributed by atoms with van der Waals surface area (Å²) in [6.45, 7) is 4.53. The van der Waals surface area contributed by atoms with Gasteiger partial charge in [-0.25, -0.2) is 4.68 Å². The van der Waals surface area contributed by atoms with Crippen molar-refractivity contribution >= 4 is 36.4 Å². The van der Waals surface area contributed by atoms with Gasteiger partial charge < -0.3 is 20.3 Å². The number of carbonyl (C=O) groups is 1. The zero-order chi connectivity index (χ0) is 19.3. The summed E-state index contributed by atoms with van der Waals surface area (Å²) in [7, 11) is 1.68. The fourth-order valence-electron chi connectivity index (χ4n) is 4.00. The van der Waals surface area contributed by atoms with E-state index in [4.69, 9.17) is 4.74 Å². The predicted molar refractivity (Wildman–Crippen MR) is 121 cm³/mol. The number of hydrogen-bond donors (Lipinski definition) is 2. The fraction of sp³-hybridized carbons (Fsp3) is 0.550. The molecule has 0 radical (unpaired) electrons. The van der Waals surface area contributed by atoms with Crippen molar-refractivity contribution < 1.29 is 9.53 Å². The first-order valence-electron chi connectivity index (χ1n) is 10.0. The summed E-state index contributed by atoms with van der Waals surface area (Å²) in [4.78, 5) is 14.8. The van der Waals surface area contributed by atoms with Gasteiger partial charge in [-0.15, -0.1) is 29.9 Å². The number of halogens is 2. The van der Waals surface area contributed by atoms with Crippen LogP contribution in [0.3, 0.4) is 0 Å². The maximum absolute atomic E-state index is 12.5. The smallest absolute Gasteiger partial charge is 0.273 e. The van der Waals surface area contributed by atoms with Crippen LogP contribution in [-0.2, 0) is 0 Å². The van der Waals surface area contributed by atoms with Gasteiger partial charge in [0.2, 0.25) is 0 Å². The van der Waals surface area contributed by atoms with Crippen LogP contribution in [0.4, 0.5) is 5.69 Å². The minimum absolute atomic E-state index is 0. The summed E-state index contributed by atoms with van der Waals surface area (Å²) >= 11 is 0. The normalized spacial score (nSPS) is 19.0. The summed E-state index contributed by atoms with van der Waals surface area (Å²) in [5.41, 5.74) is 1.57. The Morgan fingerprint density at radius 1 is 1.27 bits per heavy atom. The Morgan fingerprint density at radius 2 is 2.07 bits per heavy atom. The van der Waals surface area contributed by atoms with Crippen LogP contribution in [-0.4, -0.2) is 60.7 Å². The highest BCUT2D eigenvalue weighted by atomic mass is 35.5. The molecule has 2 N–H and O–H groups in total. The van der Waals surface area contributed by atoms with Crippen LogP contribution in [0.2, 0.25) is 0 Å². The number of aromatic nitrogens is 3. The molecule has 1 aromatic carbocycles. The molecule has 2 fully saturated rings. The number of anilines is 1. The molecule has 4 rings (SSSR count). The van der Waals surface area contributed by atoms with E-state index in [1.807, 2.05) is 16.8 Å². The molecule has 3 heterocycles. The Labute approximate surface area is 189 Å². The molecule has 1 aromatic heterocycles. The largest absolute Gasteiger partial charge is 0.497 e. The van der Waals surface area contributed by atoms with Gasteiger partial charge >= 0.3 is 0 Å². The molecular formula is C20H30Cl2N6O2. The van der Waals surface area contributed by atoms with Crippen molar-refractivity contribution in [1.29, 1.82) is 0 Å². The first kappa shape index (κ1) is 24.2. The predicted octanol–water partition coefficient (Wildman–Crippen LogP) is 2.31. The third-order valence-corrected chi connectivity index (χ3v) is 5.68. The Kier molecular flexibility index (Phi) is 9.20. The minimum atomic E-state index is -0.139. The molecule has 166 valence electrons. The highest BCUT2D eigenvalue weighted by molar-refractivity contribution is 5.91. The van der Waals surface area contributed by atoms with E-state index in [1.165, 1.54) is 0 Å². The second kappa shape index (κ2) is 11.4. The van der Waals surface area contributed by atoms with Gasteiger partial charge in [0.25, 0.3) is 5.91 Å². The molecule has 10 heteroatoms. The van der Waals surface area contributed by atoms with Crippen LogP contribution in [0.25, 0.3) is 0 Å². The standard InChI is InChI=1S/C20H28N6O2.2ClH/c1-28-18-4-2-3-17(11-18)25-10-7-15(13-25)12-22-20(27)19-14-26(24-23-19)16-5-8-21-9-6-16;;/h2-4,11,14-16,21H,5-10,12-13H2,1H3,(H,22,27);2*1H. The van der Waals surface area contributed by atoms with E-state index in [-0.39, 0.29) is 30.7 Å². The third-order valence-electron chi connectivity index (χ3n) is 5.68. The molecule has 0 aliphatic carbocycles. The summed E-state index contributed by atoms with van der Waals surface area (Å²) in [5, 5.41) is 14.6. The van der Waals surface area contributed by atoms with Gasteiger partial charge in [0.05, 0.1) is 19.3 Å². The Bertz CT molecular complexity index is 812. The number of amides is 1. The van der Waals surface area contributed by atoms with Gasteiger partial charge in [0.1, 0.15) is 5.75 Å². The average Bonchev–Trinajstić information content (AvgIpc) is 3.43. The minimum Gasteiger partial charge on any atom is -0.497 e. The molecule has 1 amide bonds. The monoisotopic (exact) mass is 456 g/mol. The number of benzene rings is 1. The van der Waals surface area contributed by atoms with Crippen molar-refractivity contribution in [3.8, 4) is 5.75 Å². The van der Waals surface area contributed by atoms with Gasteiger partial charge in [-0.05, 0) is 50.4 Å². The molecule has 2 aliphatic rings. The van der Waals surface area contributed by atoms with E-state index in [1.54, 1.807) is 13.3 Å². The van der Waals surface area contributed by atoms with Gasteiger partial charge in [-0.2, -0.15) is 0 Å². The van der Waals surface area contributed by atoms with Gasteiger partial charge in [0, 0.05) is 31.4 Å². The topological polar surface area (TPSA) is 84.3 Å². The third kappa shape index (κ3) is 5.77. The fourth-order valence-corrected chi connectivity index (χ4v) is 4.00. The van der Waals surface area contributed by atoms with Crippen molar-refractivity contribution in [2.75, 3.05) is 44.7 Å². The lowest BCUT2D eigenvalue weighted by Crippen LogP contribution is -2.31. The number of hydrogen-bond acceptors (Lipinski definition) is 6. The summed E-state index contributed by atoms with van der Waals surface area (Å²) in [6, 6.07) is 8.45. The van der Waals surface area contributed by atoms with E-state index in [9.17, 15) is 4.79 Å². The molecule has 0 spiro atoms. The molecule has 8 nitrogen and oxygen atoms in total. The van der Waals surface area contributed by atoms with Crippen LogP contribution in [0, 0.1) is 5.92 Å². The molecule has 1 atom stereocenters. The van der Waals surface area contributed by atoms with Crippen LogP contribution >= 0.6 is 24.8 Å². The Hall–Kier alpha value is -2.03. The van der Waals surface area contributed by atoms with Crippen molar-refractivity contribution in [1.82, 2.24) is 25.6 Å². The SMILES string of the molecule is COc1cccc(N2CCC(CNC(=O)c3cn(C4CCNCC4)nn3)C2)c1.Cl.Cl. The maximum Gasteiger partial charge on any atom is 0.273 e. The van der Waals surface area contributed by atoms with Gasteiger partial charge in [-0.1, -0.05) is 11.3 Å². The van der Waals surface area contributed by atoms with Gasteiger partial charge in [0.15, 0.2) is 5.69 Å². The molecule has 0 bridgehead atoms. The summed E-state index contributed by atoms with van der Waals surface area (Å²) in [5.74, 6) is 1.15. The highest BCUT2D eigenvalue weighted by Crippen LogP contribution is 2.26. The van der Waals surface area contributed by atoms with E-state index in [2.05, 4.69) is 38.0 Å². The molecule has 2 saturated heterocycles. The molecular weight excluding hydrogens is 427 g/mol. The second-order valence-corrected chi connectivity index (χ2v) is 7.58. The zero-order valence-corrected chi connectivity index (χ0v) is 18.8. The molecule has 0 saturated carbocycles. The number of methoxy groups -OCH3 is 1. The number of rotatable bonds is 6. The van der Waals surface area contributed by atoms with Crippen molar-refractivity contribution in [3.05, 3.63) is 36.2 Å². The quantitative estimate of drug-likeness (QED) is 0.693. The maximum atomic E-state index is 12.5. The number of carbonyl (C=O) groups excluding carboxylic acids is 1. The Morgan fingerprint density at radius 3 is 2.83 bits per heavy atom. The van der Waals surface area contributed by atoms with Crippen LogP contribution in [0.5, 0.6) is 5.75 Å². The highest BCUT2D eigenvalue weighted by Gasteiger charge is 2.24. The second-order valence-electron chi connectivity index (χ2n) is 7.58. The number of piperidine rings is 1. The van der Waals surface area contributed by atoms with Crippen LogP contribution in [0.1, 0.15) is 35.8 Å². The van der Waals surface area contributed by atoms with E-state index >= 15 is 0 Å². The summed E-state index contributed by atoms with van der Waals surface area (Å²) < 4.78 is 7.16. The van der Waals surface area contributed by atoms with Crippen LogP contribution < -0.4 is 20.3 Å². The molecule has 30 heavy (non-hydrogen) atoms. The molecule has 1 unspecified atom stereocenters. The molecule has 2 aliphatic heterocycles. The van der Waals surface area contributed by atoms with Crippen molar-refractivity contribution in [2.24, 2.45) is 5.92 Å². The first-order valence-corrected chi connectivity index (χ1v) is 10.0. The number of nitrogens with one attached hydrogen (secondary N) is 2. The van der Waals surface area contributed by atoms with E-state index in [0.717, 1.165) is 56.9 Å². The molecule has 2 aromatic rings. The van der Waals surface area contributed by atoms with E-state index in [0.29, 0.717) is 24.2 Å².